The van der Waals surface area contributed by atoms with Crippen LogP contribution in [0.1, 0.15) is 16.3 Å². The molecule has 1 aromatic carbocycles. The topological polar surface area (TPSA) is 79.8 Å². The fourth-order valence-electron chi connectivity index (χ4n) is 3.02. The van der Waals surface area contributed by atoms with Crippen LogP contribution in [-0.4, -0.2) is 27.0 Å². The lowest BCUT2D eigenvalue weighted by atomic mass is 10.1. The Morgan fingerprint density at radius 3 is 2.82 bits per heavy atom. The highest BCUT2D eigenvalue weighted by molar-refractivity contribution is 7.16. The number of aromatic nitrogens is 3. The van der Waals surface area contributed by atoms with Crippen molar-refractivity contribution in [3.8, 4) is 11.1 Å². The van der Waals surface area contributed by atoms with E-state index in [1.54, 1.807) is 42.0 Å². The van der Waals surface area contributed by atoms with E-state index in [-0.39, 0.29) is 17.3 Å². The van der Waals surface area contributed by atoms with Crippen molar-refractivity contribution in [3.63, 3.8) is 0 Å². The number of aromatic amines is 1. The van der Waals surface area contributed by atoms with Crippen LogP contribution in [0, 0.1) is 12.7 Å². The molecular weight excluding hydrogens is 379 g/mol. The number of carbonyl (C=O) groups excluding carboxylic acids is 1. The zero-order chi connectivity index (χ0) is 19.7. The minimum atomic E-state index is -0.307. The molecule has 3 heterocycles. The first-order chi connectivity index (χ1) is 13.5. The molecule has 28 heavy (non-hydrogen) atoms. The largest absolute Gasteiger partial charge is 0.357 e. The molecule has 0 bridgehead atoms. The molecule has 0 saturated heterocycles. The Morgan fingerprint density at radius 2 is 2.04 bits per heavy atom. The van der Waals surface area contributed by atoms with Crippen molar-refractivity contribution in [2.75, 3.05) is 6.54 Å². The van der Waals surface area contributed by atoms with E-state index < -0.39 is 0 Å². The van der Waals surface area contributed by atoms with Gasteiger partial charge in [0.2, 0.25) is 0 Å². The van der Waals surface area contributed by atoms with Gasteiger partial charge in [0.25, 0.3) is 11.5 Å². The summed E-state index contributed by atoms with van der Waals surface area (Å²) in [4.78, 5) is 33.0. The molecule has 0 unspecified atom stereocenters. The van der Waals surface area contributed by atoms with E-state index in [2.05, 4.69) is 15.3 Å². The Balaban J connectivity index is 1.43. The van der Waals surface area contributed by atoms with E-state index in [1.807, 2.05) is 5.38 Å². The van der Waals surface area contributed by atoms with E-state index in [9.17, 15) is 14.0 Å². The molecule has 8 heteroatoms. The van der Waals surface area contributed by atoms with Crippen LogP contribution in [0.5, 0.6) is 0 Å². The molecule has 0 aliphatic heterocycles. The van der Waals surface area contributed by atoms with E-state index in [4.69, 9.17) is 0 Å². The van der Waals surface area contributed by atoms with Gasteiger partial charge in [-0.3, -0.25) is 14.2 Å². The average molecular weight is 396 g/mol. The second-order valence-corrected chi connectivity index (χ2v) is 7.21. The SMILES string of the molecule is Cc1nc2sccc2c(=O)n1CCNC(=O)c1cc(-c2ccc(F)cc2)c[nH]1. The highest BCUT2D eigenvalue weighted by Gasteiger charge is 2.12. The smallest absolute Gasteiger partial charge is 0.267 e. The number of carbonyl (C=O) groups is 1. The lowest BCUT2D eigenvalue weighted by Gasteiger charge is -2.10. The number of H-pyrrole nitrogens is 1. The van der Waals surface area contributed by atoms with Gasteiger partial charge in [0.05, 0.1) is 5.39 Å². The number of fused-ring (bicyclic) bond motifs is 1. The Kier molecular flexibility index (Phi) is 4.79. The first-order valence-corrected chi connectivity index (χ1v) is 9.58. The molecular formula is C20H17FN4O2S. The van der Waals surface area contributed by atoms with Crippen LogP contribution in [0.2, 0.25) is 0 Å². The third-order valence-corrected chi connectivity index (χ3v) is 5.31. The summed E-state index contributed by atoms with van der Waals surface area (Å²) in [7, 11) is 0. The van der Waals surface area contributed by atoms with Crippen molar-refractivity contribution in [1.82, 2.24) is 19.9 Å². The number of aryl methyl sites for hydroxylation is 1. The van der Waals surface area contributed by atoms with Crippen molar-refractivity contribution in [2.24, 2.45) is 0 Å². The highest BCUT2D eigenvalue weighted by Crippen LogP contribution is 2.20. The number of benzene rings is 1. The van der Waals surface area contributed by atoms with Gasteiger partial charge in [-0.15, -0.1) is 11.3 Å². The zero-order valence-corrected chi connectivity index (χ0v) is 15.8. The third-order valence-electron chi connectivity index (χ3n) is 4.50. The van der Waals surface area contributed by atoms with E-state index in [0.29, 0.717) is 30.0 Å². The van der Waals surface area contributed by atoms with Crippen LogP contribution in [-0.2, 0) is 6.54 Å². The molecule has 2 N–H and O–H groups in total. The standard InChI is InChI=1S/C20H17FN4O2S/c1-12-24-19-16(6-9-28-19)20(27)25(12)8-7-22-18(26)17-10-14(11-23-17)13-2-4-15(21)5-3-13/h2-6,9-11,23H,7-8H2,1H3,(H,22,26). The normalized spacial score (nSPS) is 11.1. The molecule has 142 valence electrons. The maximum Gasteiger partial charge on any atom is 0.267 e. The lowest BCUT2D eigenvalue weighted by Crippen LogP contribution is -2.32. The second-order valence-electron chi connectivity index (χ2n) is 6.32. The maximum absolute atomic E-state index is 13.0. The highest BCUT2D eigenvalue weighted by atomic mass is 32.1. The number of rotatable bonds is 5. The van der Waals surface area contributed by atoms with Crippen LogP contribution >= 0.6 is 11.3 Å². The Bertz CT molecular complexity index is 1210. The molecule has 0 fully saturated rings. The lowest BCUT2D eigenvalue weighted by molar-refractivity contribution is 0.0947. The van der Waals surface area contributed by atoms with Crippen molar-refractivity contribution >= 4 is 27.5 Å². The molecule has 0 aliphatic carbocycles. The van der Waals surface area contributed by atoms with Crippen LogP contribution in [0.4, 0.5) is 4.39 Å². The van der Waals surface area contributed by atoms with E-state index in [1.165, 1.54) is 23.5 Å². The Morgan fingerprint density at radius 1 is 1.25 bits per heavy atom. The van der Waals surface area contributed by atoms with Gasteiger partial charge in [0, 0.05) is 19.3 Å². The fraction of sp³-hybridized carbons (Fsp3) is 0.150. The van der Waals surface area contributed by atoms with Crippen LogP contribution in [0.15, 0.2) is 52.8 Å². The summed E-state index contributed by atoms with van der Waals surface area (Å²) in [5, 5.41) is 5.24. The van der Waals surface area contributed by atoms with Gasteiger partial charge in [-0.1, -0.05) is 12.1 Å². The Labute approximate surface area is 163 Å². The van der Waals surface area contributed by atoms with Crippen LogP contribution in [0.25, 0.3) is 21.3 Å². The summed E-state index contributed by atoms with van der Waals surface area (Å²) in [6.45, 7) is 2.41. The summed E-state index contributed by atoms with van der Waals surface area (Å²) in [5.41, 5.74) is 1.91. The molecule has 1 amide bonds. The average Bonchev–Trinajstić information content (AvgIpc) is 3.34. The summed E-state index contributed by atoms with van der Waals surface area (Å²) in [6, 6.07) is 9.53. The minimum Gasteiger partial charge on any atom is -0.357 e. The first-order valence-electron chi connectivity index (χ1n) is 8.70. The number of nitrogens with zero attached hydrogens (tertiary/aromatic N) is 2. The number of nitrogens with one attached hydrogen (secondary N) is 2. The molecule has 0 aliphatic rings. The van der Waals surface area contributed by atoms with Gasteiger partial charge >= 0.3 is 0 Å². The van der Waals surface area contributed by atoms with Crippen molar-refractivity contribution < 1.29 is 9.18 Å². The third kappa shape index (κ3) is 3.46. The van der Waals surface area contributed by atoms with Gasteiger partial charge in [-0.2, -0.15) is 0 Å². The predicted octanol–water partition coefficient (Wildman–Crippen LogP) is 3.33. The second kappa shape index (κ2) is 7.40. The summed E-state index contributed by atoms with van der Waals surface area (Å²) >= 11 is 1.43. The van der Waals surface area contributed by atoms with E-state index in [0.717, 1.165) is 16.0 Å². The number of hydrogen-bond acceptors (Lipinski definition) is 4. The molecule has 0 spiro atoms. The maximum atomic E-state index is 13.0. The summed E-state index contributed by atoms with van der Waals surface area (Å²) in [6.07, 6.45) is 1.70. The number of amides is 1. The van der Waals surface area contributed by atoms with Crippen LogP contribution in [0.3, 0.4) is 0 Å². The van der Waals surface area contributed by atoms with E-state index >= 15 is 0 Å². The fourth-order valence-corrected chi connectivity index (χ4v) is 3.82. The van der Waals surface area contributed by atoms with Gasteiger partial charge in [0.1, 0.15) is 22.2 Å². The molecule has 6 nitrogen and oxygen atoms in total. The van der Waals surface area contributed by atoms with Crippen molar-refractivity contribution in [2.45, 2.75) is 13.5 Å². The van der Waals surface area contributed by atoms with Gasteiger partial charge in [-0.05, 0) is 47.7 Å². The predicted molar refractivity (Wildman–Crippen MR) is 107 cm³/mol. The molecule has 3 aromatic heterocycles. The quantitative estimate of drug-likeness (QED) is 0.543. The monoisotopic (exact) mass is 396 g/mol. The summed E-state index contributed by atoms with van der Waals surface area (Å²) in [5.74, 6) is 0.0363. The van der Waals surface area contributed by atoms with Gasteiger partial charge in [-0.25, -0.2) is 9.37 Å². The van der Waals surface area contributed by atoms with Crippen molar-refractivity contribution in [3.05, 3.63) is 75.7 Å². The van der Waals surface area contributed by atoms with Gasteiger partial charge < -0.3 is 10.3 Å². The van der Waals surface area contributed by atoms with Crippen molar-refractivity contribution in [1.29, 1.82) is 0 Å². The Hall–Kier alpha value is -3.26. The molecule has 0 radical (unpaired) electrons. The molecule has 0 atom stereocenters. The molecule has 4 aromatic rings. The number of halogens is 1. The summed E-state index contributed by atoms with van der Waals surface area (Å²) < 4.78 is 14.6. The minimum absolute atomic E-state index is 0.100. The number of hydrogen-bond donors (Lipinski definition) is 2. The molecule has 4 rings (SSSR count). The van der Waals surface area contributed by atoms with Crippen LogP contribution < -0.4 is 10.9 Å². The van der Waals surface area contributed by atoms with Gasteiger partial charge in [0.15, 0.2) is 0 Å². The first kappa shape index (κ1) is 18.1. The number of thiophene rings is 1. The molecule has 0 saturated carbocycles. The zero-order valence-electron chi connectivity index (χ0n) is 15.0.